The fourth-order valence-electron chi connectivity index (χ4n) is 2.21. The van der Waals surface area contributed by atoms with Crippen LogP contribution in [0.5, 0.6) is 11.5 Å². The van der Waals surface area contributed by atoms with Crippen molar-refractivity contribution < 1.29 is 17.9 Å². The maximum Gasteiger partial charge on any atom is 0.213 e. The Hall–Kier alpha value is -1.27. The van der Waals surface area contributed by atoms with Crippen LogP contribution in [0.3, 0.4) is 0 Å². The molecule has 0 heterocycles. The van der Waals surface area contributed by atoms with Crippen molar-refractivity contribution in [1.82, 2.24) is 9.62 Å². The summed E-state index contributed by atoms with van der Waals surface area (Å²) in [5.74, 6) is 2.03. The van der Waals surface area contributed by atoms with Crippen molar-refractivity contribution in [3.05, 3.63) is 18.2 Å². The van der Waals surface area contributed by atoms with Crippen molar-refractivity contribution >= 4 is 45.6 Å². The summed E-state index contributed by atoms with van der Waals surface area (Å²) in [4.78, 5) is 4.17. The first kappa shape index (κ1) is 25.7. The fourth-order valence-corrected chi connectivity index (χ4v) is 3.05. The number of anilines is 1. The Bertz CT molecular complexity index is 698. The average molecular weight is 514 g/mol. The summed E-state index contributed by atoms with van der Waals surface area (Å²) in [7, 11) is 1.73. The first-order valence-electron chi connectivity index (χ1n) is 8.60. The summed E-state index contributed by atoms with van der Waals surface area (Å²) in [6.45, 7) is 5.15. The SMILES string of the molecule is CCOc1cc(NC(=NC)NCCCN(C)S(=O)(=O)CC)ccc1OC.I. The highest BCUT2D eigenvalue weighted by Gasteiger charge is 2.14. The molecular formula is C17H31IN4O4S. The molecule has 2 N–H and O–H groups in total. The van der Waals surface area contributed by atoms with E-state index in [0.29, 0.717) is 43.6 Å². The predicted molar refractivity (Wildman–Crippen MR) is 121 cm³/mol. The molecule has 0 unspecified atom stereocenters. The van der Waals surface area contributed by atoms with E-state index < -0.39 is 10.0 Å². The van der Waals surface area contributed by atoms with Gasteiger partial charge in [0, 0.05) is 38.9 Å². The van der Waals surface area contributed by atoms with Gasteiger partial charge in [0.15, 0.2) is 17.5 Å². The highest BCUT2D eigenvalue weighted by Crippen LogP contribution is 2.30. The van der Waals surface area contributed by atoms with Crippen molar-refractivity contribution in [3.63, 3.8) is 0 Å². The van der Waals surface area contributed by atoms with Crippen molar-refractivity contribution in [2.75, 3.05) is 52.0 Å². The number of aliphatic imine (C=N–C) groups is 1. The van der Waals surface area contributed by atoms with Crippen LogP contribution >= 0.6 is 24.0 Å². The predicted octanol–water partition coefficient (Wildman–Crippen LogP) is 2.37. The van der Waals surface area contributed by atoms with Gasteiger partial charge in [-0.2, -0.15) is 0 Å². The molecule has 0 radical (unpaired) electrons. The molecule has 0 bridgehead atoms. The Morgan fingerprint density at radius 2 is 1.96 bits per heavy atom. The van der Waals surface area contributed by atoms with Crippen molar-refractivity contribution in [2.45, 2.75) is 20.3 Å². The van der Waals surface area contributed by atoms with Gasteiger partial charge in [0.1, 0.15) is 0 Å². The minimum atomic E-state index is -3.14. The minimum absolute atomic E-state index is 0. The van der Waals surface area contributed by atoms with Gasteiger partial charge in [-0.25, -0.2) is 12.7 Å². The molecule has 0 atom stereocenters. The lowest BCUT2D eigenvalue weighted by molar-refractivity contribution is 0.311. The second-order valence-electron chi connectivity index (χ2n) is 5.50. The maximum atomic E-state index is 11.7. The zero-order valence-electron chi connectivity index (χ0n) is 16.6. The van der Waals surface area contributed by atoms with E-state index in [9.17, 15) is 8.42 Å². The van der Waals surface area contributed by atoms with Crippen LogP contribution in [0.2, 0.25) is 0 Å². The van der Waals surface area contributed by atoms with E-state index in [4.69, 9.17) is 9.47 Å². The summed E-state index contributed by atoms with van der Waals surface area (Å²) in [5.41, 5.74) is 0.813. The number of ether oxygens (including phenoxy) is 2. The maximum absolute atomic E-state index is 11.7. The number of methoxy groups -OCH3 is 1. The Balaban J connectivity index is 0.00000676. The number of rotatable bonds is 10. The van der Waals surface area contributed by atoms with Gasteiger partial charge < -0.3 is 20.1 Å². The number of guanidine groups is 1. The monoisotopic (exact) mass is 514 g/mol. The normalized spacial score (nSPS) is 11.7. The lowest BCUT2D eigenvalue weighted by atomic mass is 10.2. The number of hydrogen-bond acceptors (Lipinski definition) is 5. The van der Waals surface area contributed by atoms with Gasteiger partial charge in [-0.05, 0) is 32.4 Å². The van der Waals surface area contributed by atoms with E-state index in [0.717, 1.165) is 5.69 Å². The van der Waals surface area contributed by atoms with Gasteiger partial charge in [-0.1, -0.05) is 0 Å². The Morgan fingerprint density at radius 1 is 1.26 bits per heavy atom. The molecule has 27 heavy (non-hydrogen) atoms. The van der Waals surface area contributed by atoms with Gasteiger partial charge >= 0.3 is 0 Å². The molecule has 0 aliphatic rings. The molecule has 0 amide bonds. The zero-order valence-corrected chi connectivity index (χ0v) is 19.8. The van der Waals surface area contributed by atoms with Gasteiger partial charge in [-0.3, -0.25) is 4.99 Å². The van der Waals surface area contributed by atoms with Gasteiger partial charge in [0.25, 0.3) is 0 Å². The number of hydrogen-bond donors (Lipinski definition) is 2. The van der Waals surface area contributed by atoms with Crippen LogP contribution in [0.25, 0.3) is 0 Å². The molecule has 0 saturated heterocycles. The summed E-state index contributed by atoms with van der Waals surface area (Å²) < 4.78 is 35.6. The van der Waals surface area contributed by atoms with Crippen molar-refractivity contribution in [1.29, 1.82) is 0 Å². The van der Waals surface area contributed by atoms with E-state index in [-0.39, 0.29) is 29.7 Å². The van der Waals surface area contributed by atoms with Crippen LogP contribution in [0.4, 0.5) is 5.69 Å². The third-order valence-corrected chi connectivity index (χ3v) is 5.59. The Labute approximate surface area is 179 Å². The molecular weight excluding hydrogens is 483 g/mol. The third kappa shape index (κ3) is 8.52. The molecule has 1 aromatic carbocycles. The van der Waals surface area contributed by atoms with E-state index >= 15 is 0 Å². The first-order chi connectivity index (χ1) is 12.4. The molecule has 0 fully saturated rings. The zero-order chi connectivity index (χ0) is 19.6. The molecule has 0 saturated carbocycles. The lowest BCUT2D eigenvalue weighted by Crippen LogP contribution is -2.35. The standard InChI is InChI=1S/C17H30N4O4S.HI/c1-6-25-16-13-14(9-10-15(16)24-5)20-17(18-3)19-11-8-12-21(4)26(22,23)7-2;/h9-10,13H,6-8,11-12H2,1-5H3,(H2,18,19,20);1H. The van der Waals surface area contributed by atoms with Gasteiger partial charge in [0.05, 0.1) is 19.5 Å². The number of halogens is 1. The van der Waals surface area contributed by atoms with Crippen LogP contribution in [-0.4, -0.2) is 65.3 Å². The number of nitrogens with one attached hydrogen (secondary N) is 2. The highest BCUT2D eigenvalue weighted by molar-refractivity contribution is 14.0. The van der Waals surface area contributed by atoms with Gasteiger partial charge in [0.2, 0.25) is 10.0 Å². The van der Waals surface area contributed by atoms with E-state index in [1.54, 1.807) is 28.1 Å². The molecule has 0 spiro atoms. The second kappa shape index (κ2) is 13.0. The van der Waals surface area contributed by atoms with Crippen LogP contribution in [-0.2, 0) is 10.0 Å². The minimum Gasteiger partial charge on any atom is -0.493 e. The lowest BCUT2D eigenvalue weighted by Gasteiger charge is -2.17. The average Bonchev–Trinajstić information content (AvgIpc) is 2.64. The Morgan fingerprint density at radius 3 is 2.52 bits per heavy atom. The molecule has 10 heteroatoms. The van der Waals surface area contributed by atoms with E-state index in [2.05, 4.69) is 15.6 Å². The van der Waals surface area contributed by atoms with Gasteiger partial charge in [-0.15, -0.1) is 24.0 Å². The van der Waals surface area contributed by atoms with Crippen molar-refractivity contribution in [2.24, 2.45) is 4.99 Å². The van der Waals surface area contributed by atoms with Crippen LogP contribution in [0.1, 0.15) is 20.3 Å². The fraction of sp³-hybridized carbons (Fsp3) is 0.588. The molecule has 1 rings (SSSR count). The summed E-state index contributed by atoms with van der Waals surface area (Å²) in [6, 6.07) is 5.54. The molecule has 0 aromatic heterocycles. The highest BCUT2D eigenvalue weighted by atomic mass is 127. The largest absolute Gasteiger partial charge is 0.493 e. The molecule has 8 nitrogen and oxygen atoms in total. The molecule has 0 aliphatic heterocycles. The smallest absolute Gasteiger partial charge is 0.213 e. The van der Waals surface area contributed by atoms with Crippen LogP contribution < -0.4 is 20.1 Å². The number of nitrogens with zero attached hydrogens (tertiary/aromatic N) is 2. The molecule has 156 valence electrons. The second-order valence-corrected chi connectivity index (χ2v) is 7.86. The Kier molecular flexibility index (Phi) is 12.4. The molecule has 0 aliphatic carbocycles. The van der Waals surface area contributed by atoms with Crippen LogP contribution in [0.15, 0.2) is 23.2 Å². The summed E-state index contributed by atoms with van der Waals surface area (Å²) in [6.07, 6.45) is 0.670. The first-order valence-corrected chi connectivity index (χ1v) is 10.2. The van der Waals surface area contributed by atoms with E-state index in [1.807, 2.05) is 25.1 Å². The summed E-state index contributed by atoms with van der Waals surface area (Å²) >= 11 is 0. The molecule has 1 aromatic rings. The third-order valence-electron chi connectivity index (χ3n) is 3.73. The number of sulfonamides is 1. The van der Waals surface area contributed by atoms with Crippen LogP contribution in [0, 0.1) is 0 Å². The quantitative estimate of drug-likeness (QED) is 0.216. The topological polar surface area (TPSA) is 92.3 Å². The number of benzene rings is 1. The van der Waals surface area contributed by atoms with Crippen molar-refractivity contribution in [3.8, 4) is 11.5 Å². The summed E-state index contributed by atoms with van der Waals surface area (Å²) in [5, 5.41) is 6.35. The van der Waals surface area contributed by atoms with E-state index in [1.165, 1.54) is 4.31 Å².